The molecule has 1 saturated carbocycles. The van der Waals surface area contributed by atoms with Gasteiger partial charge in [0.2, 0.25) is 0 Å². The largest absolute Gasteiger partial charge is 0.579 e. The summed E-state index contributed by atoms with van der Waals surface area (Å²) in [5.74, 6) is 0.661. The van der Waals surface area contributed by atoms with Crippen molar-refractivity contribution in [3.05, 3.63) is 66.0 Å². The number of likely N-dealkylation sites (tertiary alicyclic amines) is 1. The van der Waals surface area contributed by atoms with Crippen LogP contribution < -0.4 is 9.46 Å². The summed E-state index contributed by atoms with van der Waals surface area (Å²) in [7, 11) is 3.52. The molecule has 1 N–H and O–H groups in total. The minimum absolute atomic E-state index is 0.0214. The number of hydrogen-bond donors (Lipinski definition) is 1. The predicted molar refractivity (Wildman–Crippen MR) is 138 cm³/mol. The first-order chi connectivity index (χ1) is 17.4. The van der Waals surface area contributed by atoms with Crippen LogP contribution >= 0.6 is 0 Å². The molecule has 2 unspecified atom stereocenters. The average molecular weight is 518 g/mol. The number of ether oxygens (including phenoxy) is 2. The molecular formula is C27H36FN3O4S. The van der Waals surface area contributed by atoms with E-state index in [0.717, 1.165) is 31.2 Å². The Morgan fingerprint density at radius 3 is 2.56 bits per heavy atom. The van der Waals surface area contributed by atoms with Crippen molar-refractivity contribution in [2.24, 2.45) is 5.92 Å². The van der Waals surface area contributed by atoms with Crippen LogP contribution in [0.5, 0.6) is 5.75 Å². The number of para-hydroxylation sites is 1. The maximum atomic E-state index is 13.6. The summed E-state index contributed by atoms with van der Waals surface area (Å²) in [5.41, 5.74) is 1.06. The number of hydrogen-bond acceptors (Lipinski definition) is 6. The standard InChI is InChI=1S/C27H36FN3O4S/c1-30(2)36(33)29-26-15-16-31(27(32)35-25-9-4-3-5-10-25)18-22(26)19-34-24-13-11-20(12-14-24)21-7-6-8-23(28)17-21/h3-10,17,20,22,24,26,29H,11-16,18-19H2,1-2H3/t20?,22-,24?,26?,36?/m0/s1. The molecule has 0 aromatic heterocycles. The summed E-state index contributed by atoms with van der Waals surface area (Å²) < 4.78 is 42.8. The van der Waals surface area contributed by atoms with E-state index in [-0.39, 0.29) is 30.0 Å². The smallest absolute Gasteiger partial charge is 0.415 e. The highest BCUT2D eigenvalue weighted by Gasteiger charge is 2.36. The van der Waals surface area contributed by atoms with Crippen LogP contribution in [-0.4, -0.2) is 65.8 Å². The van der Waals surface area contributed by atoms with Crippen LogP contribution in [0.1, 0.15) is 43.6 Å². The lowest BCUT2D eigenvalue weighted by molar-refractivity contribution is -0.0146. The van der Waals surface area contributed by atoms with Gasteiger partial charge in [0.1, 0.15) is 23.1 Å². The van der Waals surface area contributed by atoms with Gasteiger partial charge in [-0.3, -0.25) is 0 Å². The monoisotopic (exact) mass is 517 g/mol. The van der Waals surface area contributed by atoms with Crippen molar-refractivity contribution >= 4 is 17.6 Å². The molecule has 1 aliphatic carbocycles. The van der Waals surface area contributed by atoms with Crippen LogP contribution in [0.4, 0.5) is 9.18 Å². The minimum Gasteiger partial charge on any atom is -0.579 e. The maximum Gasteiger partial charge on any atom is 0.415 e. The van der Waals surface area contributed by atoms with Crippen LogP contribution in [0.15, 0.2) is 54.6 Å². The van der Waals surface area contributed by atoms with Gasteiger partial charge < -0.3 is 18.9 Å². The second kappa shape index (κ2) is 12.9. The molecule has 1 aliphatic heterocycles. The molecule has 2 aromatic rings. The third-order valence-electron chi connectivity index (χ3n) is 7.06. The minimum atomic E-state index is -1.32. The van der Waals surface area contributed by atoms with Gasteiger partial charge in [0.25, 0.3) is 0 Å². The topological polar surface area (TPSA) is 77.1 Å². The lowest BCUT2D eigenvalue weighted by atomic mass is 9.82. The SMILES string of the molecule is CN(C)[S+]([O-])NC1CCN(C(=O)Oc2ccccc2)C[C@H]1COC1CCC(c2cccc(F)c2)CC1. The van der Waals surface area contributed by atoms with Gasteiger partial charge in [-0.15, -0.1) is 9.03 Å². The van der Waals surface area contributed by atoms with Crippen LogP contribution in [-0.2, 0) is 16.3 Å². The Morgan fingerprint density at radius 1 is 1.11 bits per heavy atom. The fourth-order valence-electron chi connectivity index (χ4n) is 4.99. The van der Waals surface area contributed by atoms with Gasteiger partial charge in [-0.2, -0.15) is 0 Å². The first-order valence-corrected chi connectivity index (χ1v) is 13.7. The summed E-state index contributed by atoms with van der Waals surface area (Å²) in [5, 5.41) is 0. The van der Waals surface area contributed by atoms with Crippen molar-refractivity contribution in [2.75, 3.05) is 33.8 Å². The molecule has 2 fully saturated rings. The maximum absolute atomic E-state index is 13.6. The van der Waals surface area contributed by atoms with Gasteiger partial charge in [0.05, 0.1) is 18.8 Å². The van der Waals surface area contributed by atoms with Gasteiger partial charge in [-0.25, -0.2) is 9.18 Å². The normalized spacial score (nSPS) is 25.5. The number of piperidine rings is 1. The second-order valence-corrected chi connectivity index (χ2v) is 11.3. The number of amides is 1. The highest BCUT2D eigenvalue weighted by Crippen LogP contribution is 2.34. The number of benzene rings is 2. The molecule has 0 spiro atoms. The average Bonchev–Trinajstić information content (AvgIpc) is 2.89. The zero-order valence-electron chi connectivity index (χ0n) is 21.0. The Morgan fingerprint density at radius 2 is 1.86 bits per heavy atom. The number of carbonyl (C=O) groups is 1. The van der Waals surface area contributed by atoms with Gasteiger partial charge >= 0.3 is 6.09 Å². The Kier molecular flexibility index (Phi) is 9.61. The summed E-state index contributed by atoms with van der Waals surface area (Å²) in [6.07, 6.45) is 4.14. The van der Waals surface area contributed by atoms with E-state index in [1.165, 1.54) is 6.07 Å². The van der Waals surface area contributed by atoms with E-state index in [9.17, 15) is 13.7 Å². The number of rotatable bonds is 8. The first-order valence-electron chi connectivity index (χ1n) is 12.6. The third-order valence-corrected chi connectivity index (χ3v) is 8.23. The molecule has 1 heterocycles. The molecule has 7 nitrogen and oxygen atoms in total. The third kappa shape index (κ3) is 7.43. The van der Waals surface area contributed by atoms with Gasteiger partial charge in [-0.05, 0) is 67.9 Å². The van der Waals surface area contributed by atoms with E-state index in [1.807, 2.05) is 24.3 Å². The van der Waals surface area contributed by atoms with Gasteiger partial charge in [-0.1, -0.05) is 30.3 Å². The molecule has 0 radical (unpaired) electrons. The van der Waals surface area contributed by atoms with E-state index in [0.29, 0.717) is 37.8 Å². The number of nitrogens with zero attached hydrogens (tertiary/aromatic N) is 2. The quantitative estimate of drug-likeness (QED) is 0.520. The molecular weight excluding hydrogens is 481 g/mol. The molecule has 3 atom stereocenters. The molecule has 2 aromatic carbocycles. The fourth-order valence-corrected chi connectivity index (χ4v) is 5.77. The van der Waals surface area contributed by atoms with Crippen LogP contribution in [0.2, 0.25) is 0 Å². The van der Waals surface area contributed by atoms with Crippen molar-refractivity contribution < 1.29 is 23.2 Å². The second-order valence-electron chi connectivity index (χ2n) is 9.82. The summed E-state index contributed by atoms with van der Waals surface area (Å²) >= 11 is -1.32. The molecule has 1 amide bonds. The van der Waals surface area contributed by atoms with Crippen molar-refractivity contribution in [3.8, 4) is 5.75 Å². The van der Waals surface area contributed by atoms with Crippen molar-refractivity contribution in [1.82, 2.24) is 13.9 Å². The molecule has 1 saturated heterocycles. The Hall–Kier alpha value is -2.17. The van der Waals surface area contributed by atoms with Crippen LogP contribution in [0.3, 0.4) is 0 Å². The van der Waals surface area contributed by atoms with Crippen molar-refractivity contribution in [2.45, 2.75) is 50.2 Å². The highest BCUT2D eigenvalue weighted by molar-refractivity contribution is 7.87. The molecule has 4 rings (SSSR count). The molecule has 2 aliphatic rings. The zero-order valence-corrected chi connectivity index (χ0v) is 21.8. The lowest BCUT2D eigenvalue weighted by Gasteiger charge is -2.39. The molecule has 36 heavy (non-hydrogen) atoms. The first kappa shape index (κ1) is 26.9. The summed E-state index contributed by atoms with van der Waals surface area (Å²) in [4.78, 5) is 14.5. The Balaban J connectivity index is 1.33. The Labute approximate surface area is 216 Å². The van der Waals surface area contributed by atoms with Gasteiger partial charge in [0, 0.05) is 33.1 Å². The predicted octanol–water partition coefficient (Wildman–Crippen LogP) is 4.49. The lowest BCUT2D eigenvalue weighted by Crippen LogP contribution is -2.55. The van der Waals surface area contributed by atoms with E-state index >= 15 is 0 Å². The van der Waals surface area contributed by atoms with E-state index in [4.69, 9.17) is 9.47 Å². The van der Waals surface area contributed by atoms with E-state index in [1.54, 1.807) is 47.6 Å². The number of halogens is 1. The molecule has 196 valence electrons. The Bertz CT molecular complexity index is 975. The molecule has 0 bridgehead atoms. The number of nitrogens with one attached hydrogen (secondary N) is 1. The van der Waals surface area contributed by atoms with Crippen LogP contribution in [0, 0.1) is 11.7 Å². The highest BCUT2D eigenvalue weighted by atomic mass is 32.2. The van der Waals surface area contributed by atoms with Crippen molar-refractivity contribution in [3.63, 3.8) is 0 Å². The molecule has 9 heteroatoms. The van der Waals surface area contributed by atoms with E-state index < -0.39 is 11.5 Å². The van der Waals surface area contributed by atoms with Crippen LogP contribution in [0.25, 0.3) is 0 Å². The zero-order chi connectivity index (χ0) is 25.5. The van der Waals surface area contributed by atoms with Crippen molar-refractivity contribution in [1.29, 1.82) is 0 Å². The number of carbonyl (C=O) groups excluding carboxylic acids is 1. The van der Waals surface area contributed by atoms with E-state index in [2.05, 4.69) is 4.72 Å². The summed E-state index contributed by atoms with van der Waals surface area (Å²) in [6, 6.07) is 15.9. The summed E-state index contributed by atoms with van der Waals surface area (Å²) in [6.45, 7) is 1.45. The van der Waals surface area contributed by atoms with Gasteiger partial charge in [0.15, 0.2) is 0 Å². The fraction of sp³-hybridized carbons (Fsp3) is 0.519.